The molecular formula is C14H14F3N3O4S2. The van der Waals surface area contributed by atoms with Gasteiger partial charge in [0.25, 0.3) is 10.0 Å². The summed E-state index contributed by atoms with van der Waals surface area (Å²) in [5, 5.41) is 1.67. The van der Waals surface area contributed by atoms with Crippen molar-refractivity contribution in [3.8, 4) is 5.88 Å². The molecule has 2 aromatic heterocycles. The third-order valence-electron chi connectivity index (χ3n) is 3.49. The van der Waals surface area contributed by atoms with Crippen molar-refractivity contribution in [1.29, 1.82) is 0 Å². The maximum absolute atomic E-state index is 12.6. The van der Waals surface area contributed by atoms with Crippen molar-refractivity contribution in [3.05, 3.63) is 35.6 Å². The molecule has 7 nitrogen and oxygen atoms in total. The van der Waals surface area contributed by atoms with Crippen LogP contribution in [0.5, 0.6) is 5.88 Å². The summed E-state index contributed by atoms with van der Waals surface area (Å²) in [5.41, 5.74) is 0. The number of ether oxygens (including phenoxy) is 2. The number of rotatable bonds is 5. The van der Waals surface area contributed by atoms with Crippen molar-refractivity contribution in [3.63, 3.8) is 0 Å². The molecule has 3 rings (SSSR count). The summed E-state index contributed by atoms with van der Waals surface area (Å²) in [5.74, 6) is -1.56. The first-order valence-corrected chi connectivity index (χ1v) is 9.77. The highest BCUT2D eigenvalue weighted by molar-refractivity contribution is 7.91. The van der Waals surface area contributed by atoms with Gasteiger partial charge in [0.05, 0.1) is 6.61 Å². The van der Waals surface area contributed by atoms with Gasteiger partial charge in [-0.2, -0.15) is 22.5 Å². The van der Waals surface area contributed by atoms with Crippen molar-refractivity contribution in [2.45, 2.75) is 16.5 Å². The minimum absolute atomic E-state index is 0.0391. The summed E-state index contributed by atoms with van der Waals surface area (Å²) in [6.07, 6.45) is -4.35. The first kappa shape index (κ1) is 19.0. The molecule has 0 saturated carbocycles. The molecule has 0 aromatic carbocycles. The van der Waals surface area contributed by atoms with Crippen LogP contribution in [0.25, 0.3) is 0 Å². The van der Waals surface area contributed by atoms with Gasteiger partial charge in [-0.15, -0.1) is 11.3 Å². The molecule has 0 amide bonds. The molecule has 2 aromatic rings. The van der Waals surface area contributed by atoms with Gasteiger partial charge in [-0.3, -0.25) is 0 Å². The van der Waals surface area contributed by atoms with E-state index in [-0.39, 0.29) is 36.4 Å². The summed E-state index contributed by atoms with van der Waals surface area (Å²) in [6.45, 7) is 0.265. The molecule has 1 unspecified atom stereocenters. The van der Waals surface area contributed by atoms with Crippen molar-refractivity contribution >= 4 is 21.4 Å². The summed E-state index contributed by atoms with van der Waals surface area (Å²) < 4.78 is 75.0. The Morgan fingerprint density at radius 3 is 2.88 bits per heavy atom. The van der Waals surface area contributed by atoms with Crippen molar-refractivity contribution < 1.29 is 31.1 Å². The van der Waals surface area contributed by atoms with Gasteiger partial charge in [-0.25, -0.2) is 13.4 Å². The minimum Gasteiger partial charge on any atom is -0.475 e. The number of hydrogen-bond donors (Lipinski definition) is 0. The van der Waals surface area contributed by atoms with E-state index in [1.807, 2.05) is 0 Å². The van der Waals surface area contributed by atoms with E-state index in [0.29, 0.717) is 0 Å². The van der Waals surface area contributed by atoms with Crippen LogP contribution in [0.15, 0.2) is 34.0 Å². The molecule has 1 atom stereocenters. The Bertz CT molecular complexity index is 843. The van der Waals surface area contributed by atoms with E-state index >= 15 is 0 Å². The third-order valence-corrected chi connectivity index (χ3v) is 6.73. The number of morpholine rings is 1. The van der Waals surface area contributed by atoms with Crippen molar-refractivity contribution in [2.24, 2.45) is 0 Å². The lowest BCUT2D eigenvalue weighted by atomic mass is 10.3. The highest BCUT2D eigenvalue weighted by Gasteiger charge is 2.35. The Kier molecular flexibility index (Phi) is 5.46. The molecule has 12 heteroatoms. The average molecular weight is 409 g/mol. The number of aromatic nitrogens is 2. The highest BCUT2D eigenvalue weighted by atomic mass is 32.2. The van der Waals surface area contributed by atoms with Gasteiger partial charge in [0.2, 0.25) is 11.7 Å². The molecule has 1 fully saturated rings. The van der Waals surface area contributed by atoms with Crippen LogP contribution in [0.3, 0.4) is 0 Å². The zero-order valence-corrected chi connectivity index (χ0v) is 14.9. The Balaban J connectivity index is 1.63. The number of thiophene rings is 1. The fourth-order valence-electron chi connectivity index (χ4n) is 2.29. The molecule has 0 aliphatic carbocycles. The lowest BCUT2D eigenvalue weighted by Crippen LogP contribution is -2.47. The van der Waals surface area contributed by atoms with Crippen LogP contribution >= 0.6 is 11.3 Å². The number of sulfonamides is 1. The van der Waals surface area contributed by atoms with Gasteiger partial charge in [0.15, 0.2) is 0 Å². The predicted molar refractivity (Wildman–Crippen MR) is 85.3 cm³/mol. The van der Waals surface area contributed by atoms with Crippen molar-refractivity contribution in [1.82, 2.24) is 14.3 Å². The van der Waals surface area contributed by atoms with E-state index in [2.05, 4.69) is 9.97 Å². The van der Waals surface area contributed by atoms with Gasteiger partial charge in [0.1, 0.15) is 16.9 Å². The second kappa shape index (κ2) is 7.47. The van der Waals surface area contributed by atoms with Gasteiger partial charge in [-0.1, -0.05) is 6.07 Å². The molecule has 1 saturated heterocycles. The number of hydrogen-bond acceptors (Lipinski definition) is 7. The Labute approximate surface area is 151 Å². The quantitative estimate of drug-likeness (QED) is 0.752. The summed E-state index contributed by atoms with van der Waals surface area (Å²) in [7, 11) is -3.62. The molecule has 3 heterocycles. The van der Waals surface area contributed by atoms with E-state index in [1.165, 1.54) is 16.4 Å². The SMILES string of the molecule is O=S(=O)(c1cccs1)N1CCOC(COc2ccnc(C(F)(F)F)n2)C1. The van der Waals surface area contributed by atoms with Crippen LogP contribution in [0.4, 0.5) is 13.2 Å². The maximum Gasteiger partial charge on any atom is 0.451 e. The number of halogens is 3. The maximum atomic E-state index is 12.6. The summed E-state index contributed by atoms with van der Waals surface area (Å²) >= 11 is 1.11. The molecule has 0 N–H and O–H groups in total. The fourth-order valence-corrected chi connectivity index (χ4v) is 4.89. The standard InChI is InChI=1S/C14H14F3N3O4S2/c15-14(16,17)13-18-4-3-11(19-13)24-9-10-8-20(5-6-23-10)26(21,22)12-2-1-7-25-12/h1-4,7,10H,5-6,8-9H2. The Hall–Kier alpha value is -1.76. The van der Waals surface area contributed by atoms with Gasteiger partial charge in [0, 0.05) is 25.4 Å². The topological polar surface area (TPSA) is 81.6 Å². The van der Waals surface area contributed by atoms with Gasteiger partial charge >= 0.3 is 6.18 Å². The lowest BCUT2D eigenvalue weighted by Gasteiger charge is -2.31. The summed E-state index contributed by atoms with van der Waals surface area (Å²) in [4.78, 5) is 6.44. The largest absolute Gasteiger partial charge is 0.475 e. The molecule has 0 radical (unpaired) electrons. The molecule has 26 heavy (non-hydrogen) atoms. The number of alkyl halides is 3. The van der Waals surface area contributed by atoms with Crippen LogP contribution in [0.1, 0.15) is 5.82 Å². The van der Waals surface area contributed by atoms with Gasteiger partial charge < -0.3 is 9.47 Å². The van der Waals surface area contributed by atoms with Crippen LogP contribution in [-0.2, 0) is 20.9 Å². The lowest BCUT2D eigenvalue weighted by molar-refractivity contribution is -0.145. The molecule has 0 bridgehead atoms. The Morgan fingerprint density at radius 2 is 2.19 bits per heavy atom. The predicted octanol–water partition coefficient (Wildman–Crippen LogP) is 2.03. The molecule has 1 aliphatic heterocycles. The third kappa shape index (κ3) is 4.31. The van der Waals surface area contributed by atoms with Gasteiger partial charge in [-0.05, 0) is 11.4 Å². The van der Waals surface area contributed by atoms with E-state index < -0.39 is 28.1 Å². The molecule has 142 valence electrons. The monoisotopic (exact) mass is 409 g/mol. The van der Waals surface area contributed by atoms with Crippen LogP contribution < -0.4 is 4.74 Å². The van der Waals surface area contributed by atoms with E-state index in [0.717, 1.165) is 17.5 Å². The smallest absolute Gasteiger partial charge is 0.451 e. The van der Waals surface area contributed by atoms with E-state index in [4.69, 9.17) is 9.47 Å². The fraction of sp³-hybridized carbons (Fsp3) is 0.429. The molecular weight excluding hydrogens is 395 g/mol. The van der Waals surface area contributed by atoms with Crippen molar-refractivity contribution in [2.75, 3.05) is 26.3 Å². The zero-order chi connectivity index (χ0) is 18.8. The molecule has 1 aliphatic rings. The summed E-state index contributed by atoms with van der Waals surface area (Å²) in [6, 6.07) is 4.35. The first-order valence-electron chi connectivity index (χ1n) is 7.45. The minimum atomic E-state index is -4.67. The Morgan fingerprint density at radius 1 is 1.38 bits per heavy atom. The normalized spacial score (nSPS) is 19.4. The second-order valence-corrected chi connectivity index (χ2v) is 8.43. The van der Waals surface area contributed by atoms with Crippen LogP contribution in [0.2, 0.25) is 0 Å². The first-order chi connectivity index (χ1) is 12.3. The number of nitrogens with zero attached hydrogens (tertiary/aromatic N) is 3. The zero-order valence-electron chi connectivity index (χ0n) is 13.2. The van der Waals surface area contributed by atoms with Crippen LogP contribution in [-0.4, -0.2) is 55.1 Å². The second-order valence-electron chi connectivity index (χ2n) is 5.32. The van der Waals surface area contributed by atoms with E-state index in [1.54, 1.807) is 11.4 Å². The van der Waals surface area contributed by atoms with E-state index in [9.17, 15) is 21.6 Å². The molecule has 0 spiro atoms. The average Bonchev–Trinajstić information content (AvgIpc) is 3.15. The highest BCUT2D eigenvalue weighted by Crippen LogP contribution is 2.27. The van der Waals surface area contributed by atoms with Crippen LogP contribution in [0, 0.1) is 0 Å².